The number of hydrogen-bond acceptors (Lipinski definition) is 2. The van der Waals surface area contributed by atoms with Gasteiger partial charge in [0.05, 0.1) is 5.69 Å². The normalized spacial score (nSPS) is 10.2. The number of halogens is 1. The lowest BCUT2D eigenvalue weighted by Crippen LogP contribution is -2.15. The van der Waals surface area contributed by atoms with Crippen LogP contribution in [0.2, 0.25) is 0 Å². The maximum Gasteiger partial charge on any atom is 0.348 e. The molecular formula is C8H6BrN3O. The Hall–Kier alpha value is -1.36. The van der Waals surface area contributed by atoms with Crippen LogP contribution in [0.15, 0.2) is 39.9 Å². The molecule has 2 rings (SSSR count). The standard InChI is InChI=1S/C8H6BrN3O/c9-7-10-8(13)12(11-7)6-4-2-1-3-5-6/h1-5H,(H,10,11,13). The monoisotopic (exact) mass is 239 g/mol. The first-order valence-corrected chi connectivity index (χ1v) is 4.47. The van der Waals surface area contributed by atoms with Crippen LogP contribution < -0.4 is 5.69 Å². The predicted octanol–water partition coefficient (Wildman–Crippen LogP) is 1.32. The van der Waals surface area contributed by atoms with E-state index in [1.54, 1.807) is 0 Å². The number of aromatic nitrogens is 3. The molecule has 0 spiro atoms. The summed E-state index contributed by atoms with van der Waals surface area (Å²) in [7, 11) is 0. The fourth-order valence-electron chi connectivity index (χ4n) is 1.04. The van der Waals surface area contributed by atoms with Gasteiger partial charge in [-0.1, -0.05) is 18.2 Å². The third kappa shape index (κ3) is 1.55. The highest BCUT2D eigenvalue weighted by molar-refractivity contribution is 9.10. The van der Waals surface area contributed by atoms with Crippen molar-refractivity contribution >= 4 is 15.9 Å². The van der Waals surface area contributed by atoms with Crippen molar-refractivity contribution in [2.75, 3.05) is 0 Å². The summed E-state index contributed by atoms with van der Waals surface area (Å²) in [6.07, 6.45) is 0. The molecule has 2 aromatic rings. The SMILES string of the molecule is O=c1[nH]c(Br)nn1-c1ccccc1. The largest absolute Gasteiger partial charge is 0.348 e. The Balaban J connectivity index is 2.59. The molecule has 0 amide bonds. The van der Waals surface area contributed by atoms with E-state index in [1.807, 2.05) is 30.3 Å². The highest BCUT2D eigenvalue weighted by atomic mass is 79.9. The number of para-hydroxylation sites is 1. The molecule has 0 aliphatic carbocycles. The molecule has 4 nitrogen and oxygen atoms in total. The van der Waals surface area contributed by atoms with E-state index in [2.05, 4.69) is 26.0 Å². The number of rotatable bonds is 1. The zero-order valence-corrected chi connectivity index (χ0v) is 8.15. The highest BCUT2D eigenvalue weighted by Crippen LogP contribution is 2.03. The van der Waals surface area contributed by atoms with Crippen molar-refractivity contribution in [3.05, 3.63) is 45.5 Å². The van der Waals surface area contributed by atoms with Gasteiger partial charge < -0.3 is 0 Å². The van der Waals surface area contributed by atoms with Crippen LogP contribution in [0.1, 0.15) is 0 Å². The quantitative estimate of drug-likeness (QED) is 0.817. The van der Waals surface area contributed by atoms with Crippen LogP contribution in [-0.4, -0.2) is 14.8 Å². The van der Waals surface area contributed by atoms with E-state index in [4.69, 9.17) is 0 Å². The molecule has 1 aromatic heterocycles. The molecule has 0 bridgehead atoms. The average Bonchev–Trinajstić information content (AvgIpc) is 2.47. The Morgan fingerprint density at radius 2 is 2.00 bits per heavy atom. The molecule has 0 atom stereocenters. The van der Waals surface area contributed by atoms with E-state index in [0.29, 0.717) is 4.73 Å². The van der Waals surface area contributed by atoms with Crippen LogP contribution in [0.3, 0.4) is 0 Å². The van der Waals surface area contributed by atoms with E-state index in [0.717, 1.165) is 5.69 Å². The molecule has 0 aliphatic heterocycles. The number of nitrogens with zero attached hydrogens (tertiary/aromatic N) is 2. The lowest BCUT2D eigenvalue weighted by molar-refractivity contribution is 0.837. The van der Waals surface area contributed by atoms with Gasteiger partial charge >= 0.3 is 5.69 Å². The summed E-state index contributed by atoms with van der Waals surface area (Å²) in [6, 6.07) is 9.22. The van der Waals surface area contributed by atoms with E-state index in [9.17, 15) is 4.79 Å². The second-order valence-corrected chi connectivity index (χ2v) is 3.22. The Bertz CT molecular complexity index is 460. The van der Waals surface area contributed by atoms with E-state index in [1.165, 1.54) is 4.68 Å². The van der Waals surface area contributed by atoms with Gasteiger partial charge in [0.25, 0.3) is 0 Å². The van der Waals surface area contributed by atoms with Gasteiger partial charge in [-0.2, -0.15) is 4.68 Å². The summed E-state index contributed by atoms with van der Waals surface area (Å²) >= 11 is 3.09. The third-order valence-corrected chi connectivity index (χ3v) is 1.95. The minimum Gasteiger partial charge on any atom is -0.283 e. The van der Waals surface area contributed by atoms with Crippen LogP contribution in [0, 0.1) is 0 Å². The Morgan fingerprint density at radius 3 is 2.54 bits per heavy atom. The molecule has 0 radical (unpaired) electrons. The summed E-state index contributed by atoms with van der Waals surface area (Å²) < 4.78 is 1.73. The number of hydrogen-bond donors (Lipinski definition) is 1. The molecule has 1 N–H and O–H groups in total. The smallest absolute Gasteiger partial charge is 0.283 e. The van der Waals surface area contributed by atoms with Gasteiger partial charge in [0.15, 0.2) is 4.73 Å². The minimum absolute atomic E-state index is 0.252. The topological polar surface area (TPSA) is 50.7 Å². The zero-order valence-electron chi connectivity index (χ0n) is 6.57. The Morgan fingerprint density at radius 1 is 1.31 bits per heavy atom. The summed E-state index contributed by atoms with van der Waals surface area (Å²) in [4.78, 5) is 13.8. The van der Waals surface area contributed by atoms with Crippen molar-refractivity contribution in [1.29, 1.82) is 0 Å². The number of nitrogens with one attached hydrogen (secondary N) is 1. The molecule has 1 heterocycles. The van der Waals surface area contributed by atoms with Crippen molar-refractivity contribution in [2.24, 2.45) is 0 Å². The summed E-state index contributed by atoms with van der Waals surface area (Å²) in [5, 5.41) is 3.95. The average molecular weight is 240 g/mol. The number of aromatic amines is 1. The second-order valence-electron chi connectivity index (χ2n) is 2.47. The van der Waals surface area contributed by atoms with Gasteiger partial charge in [-0.3, -0.25) is 4.98 Å². The molecule has 1 aromatic carbocycles. The van der Waals surface area contributed by atoms with Crippen LogP contribution >= 0.6 is 15.9 Å². The van der Waals surface area contributed by atoms with Crippen molar-refractivity contribution in [3.8, 4) is 5.69 Å². The van der Waals surface area contributed by atoms with Crippen molar-refractivity contribution in [1.82, 2.24) is 14.8 Å². The molecule has 66 valence electrons. The highest BCUT2D eigenvalue weighted by Gasteiger charge is 2.02. The Labute approximate surface area is 82.3 Å². The number of H-pyrrole nitrogens is 1. The first kappa shape index (κ1) is 8.25. The molecule has 0 fully saturated rings. The Kier molecular flexibility index (Phi) is 2.02. The van der Waals surface area contributed by atoms with Crippen molar-refractivity contribution in [2.45, 2.75) is 0 Å². The van der Waals surface area contributed by atoms with Gasteiger partial charge in [0.2, 0.25) is 0 Å². The van der Waals surface area contributed by atoms with Gasteiger partial charge in [-0.15, -0.1) is 5.10 Å². The van der Waals surface area contributed by atoms with Gasteiger partial charge in [-0.25, -0.2) is 4.79 Å². The fraction of sp³-hybridized carbons (Fsp3) is 0. The van der Waals surface area contributed by atoms with Crippen molar-refractivity contribution in [3.63, 3.8) is 0 Å². The van der Waals surface area contributed by atoms with Gasteiger partial charge in [-0.05, 0) is 28.1 Å². The van der Waals surface area contributed by atoms with E-state index >= 15 is 0 Å². The fourth-order valence-corrected chi connectivity index (χ4v) is 1.37. The second kappa shape index (κ2) is 3.18. The summed E-state index contributed by atoms with van der Waals surface area (Å²) in [6.45, 7) is 0. The van der Waals surface area contributed by atoms with E-state index in [-0.39, 0.29) is 5.69 Å². The minimum atomic E-state index is -0.252. The molecule has 5 heteroatoms. The molecular weight excluding hydrogens is 234 g/mol. The molecule has 13 heavy (non-hydrogen) atoms. The van der Waals surface area contributed by atoms with Crippen LogP contribution in [0.25, 0.3) is 5.69 Å². The third-order valence-electron chi connectivity index (χ3n) is 1.59. The number of benzene rings is 1. The van der Waals surface area contributed by atoms with Crippen LogP contribution in [-0.2, 0) is 0 Å². The summed E-state index contributed by atoms with van der Waals surface area (Å²) in [5.74, 6) is 0. The lowest BCUT2D eigenvalue weighted by atomic mass is 10.3. The van der Waals surface area contributed by atoms with E-state index < -0.39 is 0 Å². The molecule has 0 unspecified atom stereocenters. The zero-order chi connectivity index (χ0) is 9.26. The van der Waals surface area contributed by atoms with Crippen LogP contribution in [0.4, 0.5) is 0 Å². The maximum absolute atomic E-state index is 11.3. The molecule has 0 aliphatic rings. The van der Waals surface area contributed by atoms with Crippen LogP contribution in [0.5, 0.6) is 0 Å². The lowest BCUT2D eigenvalue weighted by Gasteiger charge is -1.95. The predicted molar refractivity (Wildman–Crippen MR) is 51.9 cm³/mol. The molecule has 0 saturated heterocycles. The first-order valence-electron chi connectivity index (χ1n) is 3.67. The van der Waals surface area contributed by atoms with Gasteiger partial charge in [0, 0.05) is 0 Å². The maximum atomic E-state index is 11.3. The molecule has 0 saturated carbocycles. The summed E-state index contributed by atoms with van der Waals surface area (Å²) in [5.41, 5.74) is 0.493. The first-order chi connectivity index (χ1) is 6.27. The van der Waals surface area contributed by atoms with Crippen molar-refractivity contribution < 1.29 is 0 Å². The van der Waals surface area contributed by atoms with Gasteiger partial charge in [0.1, 0.15) is 0 Å².